The lowest BCUT2D eigenvalue weighted by Gasteiger charge is -2.35. The Morgan fingerprint density at radius 3 is 2.60 bits per heavy atom. The smallest absolute Gasteiger partial charge is 0.290 e. The van der Waals surface area contributed by atoms with Gasteiger partial charge in [0.05, 0.1) is 22.3 Å². The fraction of sp³-hybridized carbons (Fsp3) is 0.440. The van der Waals surface area contributed by atoms with Crippen molar-refractivity contribution >= 4 is 40.7 Å². The molecule has 1 aromatic carbocycles. The van der Waals surface area contributed by atoms with Crippen LogP contribution in [0.4, 0.5) is 5.69 Å². The molecule has 1 unspecified atom stereocenters. The number of nitrogens with one attached hydrogen (secondary N) is 1. The molecule has 3 aromatic rings. The first-order valence-electron chi connectivity index (χ1n) is 11.8. The molecule has 0 radical (unpaired) electrons. The van der Waals surface area contributed by atoms with Crippen LogP contribution in [0, 0.1) is 5.92 Å². The van der Waals surface area contributed by atoms with Gasteiger partial charge in [-0.3, -0.25) is 14.6 Å². The number of halogens is 1. The number of piperidine rings is 1. The zero-order valence-electron chi connectivity index (χ0n) is 20.0. The van der Waals surface area contributed by atoms with Crippen molar-refractivity contribution < 1.29 is 14.7 Å². The van der Waals surface area contributed by atoms with E-state index in [0.717, 1.165) is 73.6 Å². The maximum Gasteiger partial charge on any atom is 0.290 e. The molecule has 0 saturated carbocycles. The third-order valence-electron chi connectivity index (χ3n) is 6.90. The van der Waals surface area contributed by atoms with Gasteiger partial charge in [0.15, 0.2) is 0 Å². The van der Waals surface area contributed by atoms with E-state index >= 15 is 0 Å². The van der Waals surface area contributed by atoms with Crippen molar-refractivity contribution in [1.82, 2.24) is 24.8 Å². The van der Waals surface area contributed by atoms with Gasteiger partial charge in [0.2, 0.25) is 5.91 Å². The Morgan fingerprint density at radius 2 is 1.94 bits per heavy atom. The largest absolute Gasteiger partial charge is 0.483 e. The van der Waals surface area contributed by atoms with Crippen molar-refractivity contribution in [3.05, 3.63) is 41.7 Å². The van der Waals surface area contributed by atoms with Crippen molar-refractivity contribution in [2.24, 2.45) is 5.92 Å². The highest BCUT2D eigenvalue weighted by Gasteiger charge is 2.33. The summed E-state index contributed by atoms with van der Waals surface area (Å²) in [5, 5.41) is 7.55. The number of imidazole rings is 1. The lowest BCUT2D eigenvalue weighted by Crippen LogP contribution is -2.43. The number of amides is 1. The molecule has 1 amide bonds. The topological polar surface area (TPSA) is 106 Å². The predicted molar refractivity (Wildman–Crippen MR) is 137 cm³/mol. The standard InChI is InChI=1S/C24H29ClN6O.CH2O2/c1-29(2)18-8-12-31(15-18)24(32)16-6-10-30(11-7-16)17-3-4-20(25)19(13-17)23-27-21-5-9-26-14-22(21)28-23;2-1-3/h3-5,9,13-14,16,18H,6-8,10-12,15H2,1-2H3,(H,27,28);1H,(H,2,3). The molecular weight excluding hydrogens is 468 g/mol. The third-order valence-corrected chi connectivity index (χ3v) is 7.23. The number of rotatable bonds is 4. The Labute approximate surface area is 209 Å². The van der Waals surface area contributed by atoms with E-state index in [2.05, 4.69) is 55.9 Å². The van der Waals surface area contributed by atoms with Gasteiger partial charge in [0.1, 0.15) is 5.82 Å². The molecule has 35 heavy (non-hydrogen) atoms. The van der Waals surface area contributed by atoms with Crippen LogP contribution in [-0.4, -0.2) is 88.6 Å². The molecule has 9 nitrogen and oxygen atoms in total. The van der Waals surface area contributed by atoms with E-state index < -0.39 is 0 Å². The Kier molecular flexibility index (Phi) is 7.87. The van der Waals surface area contributed by atoms with Crippen LogP contribution < -0.4 is 4.90 Å². The van der Waals surface area contributed by atoms with E-state index in [-0.39, 0.29) is 12.4 Å². The van der Waals surface area contributed by atoms with E-state index in [4.69, 9.17) is 21.5 Å². The zero-order chi connectivity index (χ0) is 24.9. The molecule has 1 atom stereocenters. The number of pyridine rings is 1. The molecule has 4 heterocycles. The minimum Gasteiger partial charge on any atom is -0.483 e. The van der Waals surface area contributed by atoms with E-state index in [9.17, 15) is 4.79 Å². The SMILES string of the molecule is CN(C)C1CCN(C(=O)C2CCN(c3ccc(Cl)c(-c4nc5ccncc5[nH]4)c3)CC2)C1.O=CO. The number of benzene rings is 1. The van der Waals surface area contributed by atoms with Gasteiger partial charge in [0.25, 0.3) is 6.47 Å². The van der Waals surface area contributed by atoms with E-state index in [1.165, 1.54) is 0 Å². The maximum absolute atomic E-state index is 13.0. The molecule has 2 fully saturated rings. The van der Waals surface area contributed by atoms with Crippen LogP contribution in [0.1, 0.15) is 19.3 Å². The van der Waals surface area contributed by atoms with Crippen LogP contribution in [-0.2, 0) is 9.59 Å². The Balaban J connectivity index is 0.000000917. The number of likely N-dealkylation sites (tertiary alicyclic amines) is 1. The highest BCUT2D eigenvalue weighted by molar-refractivity contribution is 6.33. The highest BCUT2D eigenvalue weighted by atomic mass is 35.5. The molecule has 2 N–H and O–H groups in total. The Bertz CT molecular complexity index is 1140. The van der Waals surface area contributed by atoms with E-state index in [1.807, 2.05) is 12.1 Å². The average Bonchev–Trinajstić information content (AvgIpc) is 3.52. The molecule has 0 aliphatic carbocycles. The summed E-state index contributed by atoms with van der Waals surface area (Å²) in [5.74, 6) is 1.21. The zero-order valence-corrected chi connectivity index (χ0v) is 20.8. The Hall–Kier alpha value is -3.17. The van der Waals surface area contributed by atoms with E-state index in [1.54, 1.807) is 12.4 Å². The quantitative estimate of drug-likeness (QED) is 0.531. The number of H-pyrrole nitrogens is 1. The minimum absolute atomic E-state index is 0.127. The summed E-state index contributed by atoms with van der Waals surface area (Å²) in [6.07, 6.45) is 6.35. The molecular formula is C25H31ClN6O3. The molecule has 0 spiro atoms. The first-order chi connectivity index (χ1) is 16.9. The summed E-state index contributed by atoms with van der Waals surface area (Å²) in [5.41, 5.74) is 3.75. The highest BCUT2D eigenvalue weighted by Crippen LogP contribution is 2.33. The van der Waals surface area contributed by atoms with Crippen LogP contribution in [0.2, 0.25) is 5.02 Å². The van der Waals surface area contributed by atoms with Gasteiger partial charge in [-0.2, -0.15) is 0 Å². The summed E-state index contributed by atoms with van der Waals surface area (Å²) < 4.78 is 0. The van der Waals surface area contributed by atoms with Crippen LogP contribution in [0.5, 0.6) is 0 Å². The monoisotopic (exact) mass is 498 g/mol. The molecule has 2 saturated heterocycles. The first-order valence-corrected chi connectivity index (χ1v) is 12.2. The van der Waals surface area contributed by atoms with Gasteiger partial charge in [0, 0.05) is 55.6 Å². The number of likely N-dealkylation sites (N-methyl/N-ethyl adjacent to an activating group) is 1. The number of nitrogens with zero attached hydrogens (tertiary/aromatic N) is 5. The summed E-state index contributed by atoms with van der Waals surface area (Å²) in [6.45, 7) is 3.23. The minimum atomic E-state index is -0.250. The lowest BCUT2D eigenvalue weighted by atomic mass is 9.95. The van der Waals surface area contributed by atoms with Crippen LogP contribution in [0.15, 0.2) is 36.7 Å². The first kappa shape index (κ1) is 24.9. The third kappa shape index (κ3) is 5.57. The second kappa shape index (κ2) is 11.0. The number of carboxylic acid groups (broad SMARTS) is 1. The van der Waals surface area contributed by atoms with Crippen LogP contribution in [0.25, 0.3) is 22.4 Å². The number of aromatic nitrogens is 3. The van der Waals surface area contributed by atoms with Crippen molar-refractivity contribution in [3.63, 3.8) is 0 Å². The van der Waals surface area contributed by atoms with Crippen molar-refractivity contribution in [2.45, 2.75) is 25.3 Å². The fourth-order valence-electron chi connectivity index (χ4n) is 4.88. The van der Waals surface area contributed by atoms with Crippen LogP contribution in [0.3, 0.4) is 0 Å². The molecule has 2 aromatic heterocycles. The summed E-state index contributed by atoms with van der Waals surface area (Å²) >= 11 is 6.52. The normalized spacial score (nSPS) is 18.6. The molecule has 5 rings (SSSR count). The molecule has 186 valence electrons. The van der Waals surface area contributed by atoms with Gasteiger partial charge in [-0.1, -0.05) is 11.6 Å². The van der Waals surface area contributed by atoms with Crippen molar-refractivity contribution in [3.8, 4) is 11.4 Å². The van der Waals surface area contributed by atoms with Gasteiger partial charge in [-0.05, 0) is 57.6 Å². The summed E-state index contributed by atoms with van der Waals surface area (Å²) in [6, 6.07) is 8.45. The lowest BCUT2D eigenvalue weighted by molar-refractivity contribution is -0.135. The number of hydrogen-bond donors (Lipinski definition) is 2. The summed E-state index contributed by atoms with van der Waals surface area (Å²) in [7, 11) is 4.19. The van der Waals surface area contributed by atoms with Crippen molar-refractivity contribution in [2.75, 3.05) is 45.2 Å². The average molecular weight is 499 g/mol. The number of fused-ring (bicyclic) bond motifs is 1. The maximum atomic E-state index is 13.0. The number of carbonyl (C=O) groups excluding carboxylic acids is 1. The van der Waals surface area contributed by atoms with Gasteiger partial charge in [-0.15, -0.1) is 0 Å². The number of hydrogen-bond acceptors (Lipinski definition) is 6. The molecule has 2 aliphatic rings. The van der Waals surface area contributed by atoms with Gasteiger partial charge >= 0.3 is 0 Å². The van der Waals surface area contributed by atoms with Gasteiger partial charge in [-0.25, -0.2) is 4.98 Å². The fourth-order valence-corrected chi connectivity index (χ4v) is 5.09. The Morgan fingerprint density at radius 1 is 1.20 bits per heavy atom. The number of aromatic amines is 1. The second-order valence-electron chi connectivity index (χ2n) is 9.20. The van der Waals surface area contributed by atoms with Gasteiger partial charge < -0.3 is 24.8 Å². The number of carbonyl (C=O) groups is 2. The molecule has 2 aliphatic heterocycles. The molecule has 10 heteroatoms. The van der Waals surface area contributed by atoms with Crippen LogP contribution >= 0.6 is 11.6 Å². The second-order valence-corrected chi connectivity index (χ2v) is 9.61. The predicted octanol–water partition coefficient (Wildman–Crippen LogP) is 3.36. The summed E-state index contributed by atoms with van der Waals surface area (Å²) in [4.78, 5) is 40.2. The molecule has 0 bridgehead atoms. The van der Waals surface area contributed by atoms with E-state index in [0.29, 0.717) is 17.0 Å². The van der Waals surface area contributed by atoms with Crippen molar-refractivity contribution in [1.29, 1.82) is 0 Å². The number of anilines is 1.